The van der Waals surface area contributed by atoms with Gasteiger partial charge < -0.3 is 25.6 Å². The van der Waals surface area contributed by atoms with E-state index in [9.17, 15) is 4.79 Å². The molecule has 0 aliphatic rings. The van der Waals surface area contributed by atoms with Crippen molar-refractivity contribution >= 4 is 35.8 Å². The lowest BCUT2D eigenvalue weighted by Crippen LogP contribution is -2.46. The Hall–Kier alpha value is -0.610. The van der Waals surface area contributed by atoms with Crippen LogP contribution >= 0.6 is 24.0 Å². The van der Waals surface area contributed by atoms with Gasteiger partial charge in [0.1, 0.15) is 0 Å². The Kier molecular flexibility index (Phi) is 18.4. The van der Waals surface area contributed by atoms with Gasteiger partial charge in [-0.2, -0.15) is 0 Å². The van der Waals surface area contributed by atoms with Gasteiger partial charge in [0.05, 0.1) is 13.2 Å². The standard InChI is InChI=1S/C16H35N5O2.HI/c1-6-21(7-2)11-8-9-14(3)20-16(17-4)19-13-15(22)18-10-12-23-5;/h14H,6-13H2,1-5H3,(H,18,22)(H2,17,19,20);1H. The number of guanidine groups is 1. The van der Waals surface area contributed by atoms with Crippen molar-refractivity contribution in [1.82, 2.24) is 20.9 Å². The molecule has 0 saturated carbocycles. The Morgan fingerprint density at radius 3 is 2.46 bits per heavy atom. The average Bonchev–Trinajstić information content (AvgIpc) is 2.55. The van der Waals surface area contributed by atoms with Crippen LogP contribution in [-0.4, -0.2) is 76.3 Å². The second-order valence-electron chi connectivity index (χ2n) is 5.48. The van der Waals surface area contributed by atoms with Crippen LogP contribution < -0.4 is 16.0 Å². The number of methoxy groups -OCH3 is 1. The SMILES string of the molecule is CCN(CC)CCCC(C)NC(=NC)NCC(=O)NCCOC.I. The first-order chi connectivity index (χ1) is 11.1. The first-order valence-electron chi connectivity index (χ1n) is 8.52. The Morgan fingerprint density at radius 2 is 1.92 bits per heavy atom. The van der Waals surface area contributed by atoms with Gasteiger partial charge in [-0.1, -0.05) is 13.8 Å². The predicted octanol–water partition coefficient (Wildman–Crippen LogP) is 1.04. The van der Waals surface area contributed by atoms with Crippen LogP contribution in [0.4, 0.5) is 0 Å². The fourth-order valence-electron chi connectivity index (χ4n) is 2.18. The number of ether oxygens (including phenoxy) is 1. The fraction of sp³-hybridized carbons (Fsp3) is 0.875. The van der Waals surface area contributed by atoms with Crippen LogP contribution in [0.5, 0.6) is 0 Å². The third-order valence-electron chi connectivity index (χ3n) is 3.66. The zero-order valence-electron chi connectivity index (χ0n) is 15.9. The van der Waals surface area contributed by atoms with E-state index in [2.05, 4.69) is 46.6 Å². The van der Waals surface area contributed by atoms with Crippen molar-refractivity contribution in [1.29, 1.82) is 0 Å². The van der Waals surface area contributed by atoms with Crippen LogP contribution in [0.25, 0.3) is 0 Å². The minimum Gasteiger partial charge on any atom is -0.383 e. The van der Waals surface area contributed by atoms with Crippen molar-refractivity contribution in [3.8, 4) is 0 Å². The molecule has 3 N–H and O–H groups in total. The number of nitrogens with zero attached hydrogens (tertiary/aromatic N) is 2. The number of rotatable bonds is 12. The Balaban J connectivity index is 0. The Bertz CT molecular complexity index is 338. The molecule has 0 radical (unpaired) electrons. The van der Waals surface area contributed by atoms with E-state index in [1.54, 1.807) is 14.2 Å². The van der Waals surface area contributed by atoms with Crippen LogP contribution in [0, 0.1) is 0 Å². The summed E-state index contributed by atoms with van der Waals surface area (Å²) in [6.45, 7) is 11.1. The highest BCUT2D eigenvalue weighted by molar-refractivity contribution is 14.0. The minimum absolute atomic E-state index is 0. The molecule has 144 valence electrons. The number of halogens is 1. The molecule has 24 heavy (non-hydrogen) atoms. The molecule has 0 fully saturated rings. The number of hydrogen-bond acceptors (Lipinski definition) is 4. The Labute approximate surface area is 164 Å². The molecule has 0 aliphatic heterocycles. The predicted molar refractivity (Wildman–Crippen MR) is 111 cm³/mol. The van der Waals surface area contributed by atoms with Gasteiger partial charge in [0.25, 0.3) is 0 Å². The molecule has 7 nitrogen and oxygen atoms in total. The normalized spacial score (nSPS) is 12.5. The van der Waals surface area contributed by atoms with E-state index < -0.39 is 0 Å². The summed E-state index contributed by atoms with van der Waals surface area (Å²) in [6.07, 6.45) is 2.21. The maximum absolute atomic E-state index is 11.6. The summed E-state index contributed by atoms with van der Waals surface area (Å²) in [6, 6.07) is 0.313. The van der Waals surface area contributed by atoms with Crippen LogP contribution in [0.1, 0.15) is 33.6 Å². The second-order valence-corrected chi connectivity index (χ2v) is 5.48. The lowest BCUT2D eigenvalue weighted by molar-refractivity contribution is -0.120. The van der Waals surface area contributed by atoms with Gasteiger partial charge in [0.15, 0.2) is 5.96 Å². The van der Waals surface area contributed by atoms with Crippen molar-refractivity contribution in [3.05, 3.63) is 0 Å². The van der Waals surface area contributed by atoms with Crippen molar-refractivity contribution in [2.75, 3.05) is 53.5 Å². The second kappa shape index (κ2) is 17.2. The number of carbonyl (C=O) groups excluding carboxylic acids is 1. The van der Waals surface area contributed by atoms with Gasteiger partial charge in [-0.3, -0.25) is 9.79 Å². The highest BCUT2D eigenvalue weighted by Gasteiger charge is 2.08. The smallest absolute Gasteiger partial charge is 0.239 e. The number of hydrogen-bond donors (Lipinski definition) is 3. The number of carbonyl (C=O) groups is 1. The lowest BCUT2D eigenvalue weighted by Gasteiger charge is -2.21. The molecule has 0 bridgehead atoms. The fourth-order valence-corrected chi connectivity index (χ4v) is 2.18. The van der Waals surface area contributed by atoms with Gasteiger partial charge in [0.2, 0.25) is 5.91 Å². The highest BCUT2D eigenvalue weighted by Crippen LogP contribution is 1.99. The molecule has 1 unspecified atom stereocenters. The molecule has 0 saturated heterocycles. The highest BCUT2D eigenvalue weighted by atomic mass is 127. The summed E-state index contributed by atoms with van der Waals surface area (Å²) in [5.74, 6) is 0.585. The van der Waals surface area contributed by atoms with Crippen LogP contribution in [0.2, 0.25) is 0 Å². The summed E-state index contributed by atoms with van der Waals surface area (Å²) in [7, 11) is 3.32. The number of aliphatic imine (C=N–C) groups is 1. The lowest BCUT2D eigenvalue weighted by atomic mass is 10.2. The molecule has 0 aromatic carbocycles. The van der Waals surface area contributed by atoms with Gasteiger partial charge in [-0.25, -0.2) is 0 Å². The molecule has 1 atom stereocenters. The summed E-state index contributed by atoms with van der Waals surface area (Å²) in [5, 5.41) is 9.10. The summed E-state index contributed by atoms with van der Waals surface area (Å²) < 4.78 is 4.89. The largest absolute Gasteiger partial charge is 0.383 e. The topological polar surface area (TPSA) is 78.0 Å². The molecular formula is C16H36IN5O2. The maximum atomic E-state index is 11.6. The van der Waals surface area contributed by atoms with Crippen LogP contribution in [-0.2, 0) is 9.53 Å². The zero-order valence-corrected chi connectivity index (χ0v) is 18.2. The average molecular weight is 457 g/mol. The molecule has 0 spiro atoms. The van der Waals surface area contributed by atoms with Crippen molar-refractivity contribution in [2.45, 2.75) is 39.7 Å². The van der Waals surface area contributed by atoms with Crippen LogP contribution in [0.15, 0.2) is 4.99 Å². The maximum Gasteiger partial charge on any atom is 0.239 e. The third-order valence-corrected chi connectivity index (χ3v) is 3.66. The molecule has 8 heteroatoms. The number of nitrogens with one attached hydrogen (secondary N) is 3. The van der Waals surface area contributed by atoms with Crippen molar-refractivity contribution in [2.24, 2.45) is 4.99 Å². The van der Waals surface area contributed by atoms with E-state index >= 15 is 0 Å². The van der Waals surface area contributed by atoms with E-state index in [0.717, 1.165) is 32.5 Å². The summed E-state index contributed by atoms with van der Waals surface area (Å²) in [4.78, 5) is 18.2. The first kappa shape index (κ1) is 25.6. The monoisotopic (exact) mass is 457 g/mol. The van der Waals surface area contributed by atoms with E-state index in [4.69, 9.17) is 4.74 Å². The zero-order chi connectivity index (χ0) is 17.5. The first-order valence-corrected chi connectivity index (χ1v) is 8.52. The van der Waals surface area contributed by atoms with Gasteiger partial charge >= 0.3 is 0 Å². The van der Waals surface area contributed by atoms with Crippen LogP contribution in [0.3, 0.4) is 0 Å². The summed E-state index contributed by atoms with van der Waals surface area (Å²) in [5.41, 5.74) is 0. The molecule has 0 aromatic rings. The molecule has 0 heterocycles. The Morgan fingerprint density at radius 1 is 1.25 bits per heavy atom. The molecule has 0 aliphatic carbocycles. The summed E-state index contributed by atoms with van der Waals surface area (Å²) >= 11 is 0. The van der Waals surface area contributed by atoms with Crippen molar-refractivity contribution < 1.29 is 9.53 Å². The van der Waals surface area contributed by atoms with Gasteiger partial charge in [-0.05, 0) is 39.4 Å². The number of amides is 1. The molecule has 1 amide bonds. The van der Waals surface area contributed by atoms with E-state index in [-0.39, 0.29) is 36.4 Å². The third kappa shape index (κ3) is 13.8. The molecule has 0 rings (SSSR count). The van der Waals surface area contributed by atoms with E-state index in [1.165, 1.54) is 0 Å². The van der Waals surface area contributed by atoms with Gasteiger partial charge in [0, 0.05) is 26.7 Å². The van der Waals surface area contributed by atoms with Gasteiger partial charge in [-0.15, -0.1) is 24.0 Å². The van der Waals surface area contributed by atoms with Crippen molar-refractivity contribution in [3.63, 3.8) is 0 Å². The molecule has 0 aromatic heterocycles. The minimum atomic E-state index is -0.0702. The molecular weight excluding hydrogens is 421 g/mol. The quantitative estimate of drug-likeness (QED) is 0.177. The van der Waals surface area contributed by atoms with E-state index in [1.807, 2.05) is 0 Å². The van der Waals surface area contributed by atoms with E-state index in [0.29, 0.717) is 25.2 Å².